The van der Waals surface area contributed by atoms with Gasteiger partial charge in [0, 0.05) is 11.1 Å². The topological polar surface area (TPSA) is 40.9 Å². The average molecular weight is 209 g/mol. The highest BCUT2D eigenvalue weighted by Gasteiger charge is 2.21. The van der Waals surface area contributed by atoms with E-state index in [0.29, 0.717) is 11.1 Å². The quantitative estimate of drug-likeness (QED) is 0.677. The molecule has 2 aliphatic rings. The Kier molecular flexibility index (Phi) is 2.46. The highest BCUT2D eigenvalue weighted by molar-refractivity contribution is 6.05. The van der Waals surface area contributed by atoms with Crippen molar-refractivity contribution < 1.29 is 4.79 Å². The van der Waals surface area contributed by atoms with Crippen molar-refractivity contribution >= 4 is 5.78 Å². The molecule has 0 atom stereocenters. The number of ketones is 1. The van der Waals surface area contributed by atoms with Gasteiger partial charge in [-0.05, 0) is 25.0 Å². The van der Waals surface area contributed by atoms with E-state index in [-0.39, 0.29) is 5.78 Å². The molecule has 0 bridgehead atoms. The molecule has 16 heavy (non-hydrogen) atoms. The predicted octanol–water partition coefficient (Wildman–Crippen LogP) is 3.17. The molecule has 0 aromatic heterocycles. The summed E-state index contributed by atoms with van der Waals surface area (Å²) in [5.41, 5.74) is 3.79. The van der Waals surface area contributed by atoms with Crippen LogP contribution in [0.5, 0.6) is 0 Å². The summed E-state index contributed by atoms with van der Waals surface area (Å²) < 4.78 is 0. The average Bonchev–Trinajstić information content (AvgIpc) is 2.40. The number of carbonyl (C=O) groups excluding carboxylic acids is 1. The molecule has 0 aliphatic heterocycles. The molecule has 0 heterocycles. The number of hydrogen-bond donors (Lipinski definition) is 0. The van der Waals surface area contributed by atoms with Crippen molar-refractivity contribution in [1.82, 2.24) is 0 Å². The normalized spacial score (nSPS) is 10.1. The van der Waals surface area contributed by atoms with Gasteiger partial charge >= 0.3 is 0 Å². The third kappa shape index (κ3) is 1.38. The summed E-state index contributed by atoms with van der Waals surface area (Å²) >= 11 is 0. The third-order valence-corrected chi connectivity index (χ3v) is 2.79. The van der Waals surface area contributed by atoms with Gasteiger partial charge in [-0.1, -0.05) is 30.3 Å². The molecule has 2 rings (SSSR count). The van der Waals surface area contributed by atoms with Gasteiger partial charge in [-0.2, -0.15) is 5.26 Å². The SMILES string of the molecule is CC(=O)c1c2cccccc-2c(C#N)c1C. The molecule has 0 saturated carbocycles. The maximum absolute atomic E-state index is 11.6. The van der Waals surface area contributed by atoms with E-state index in [2.05, 4.69) is 6.07 Å². The van der Waals surface area contributed by atoms with Crippen molar-refractivity contribution in [2.45, 2.75) is 13.8 Å². The number of Topliss-reactive ketones (excluding diaryl/α,β-unsaturated/α-hetero) is 1. The Balaban J connectivity index is 2.92. The van der Waals surface area contributed by atoms with E-state index in [9.17, 15) is 4.79 Å². The Morgan fingerprint density at radius 3 is 2.38 bits per heavy atom. The smallest absolute Gasteiger partial charge is 0.160 e. The first kappa shape index (κ1) is 10.4. The summed E-state index contributed by atoms with van der Waals surface area (Å²) in [4.78, 5) is 11.6. The summed E-state index contributed by atoms with van der Waals surface area (Å²) in [5.74, 6) is 0.00944. The molecule has 0 unspecified atom stereocenters. The van der Waals surface area contributed by atoms with Crippen LogP contribution in [0.2, 0.25) is 0 Å². The van der Waals surface area contributed by atoms with Gasteiger partial charge in [0.25, 0.3) is 0 Å². The van der Waals surface area contributed by atoms with Gasteiger partial charge in [-0.15, -0.1) is 0 Å². The maximum atomic E-state index is 11.6. The zero-order chi connectivity index (χ0) is 11.7. The van der Waals surface area contributed by atoms with Crippen molar-refractivity contribution in [1.29, 1.82) is 5.26 Å². The lowest BCUT2D eigenvalue weighted by atomic mass is 10.1. The van der Waals surface area contributed by atoms with E-state index in [1.54, 1.807) is 0 Å². The largest absolute Gasteiger partial charge is 0.294 e. The zero-order valence-corrected chi connectivity index (χ0v) is 9.24. The number of nitriles is 1. The molecular weight excluding hydrogens is 198 g/mol. The Bertz CT molecular complexity index is 578. The molecular formula is C14H11NO. The Morgan fingerprint density at radius 1 is 1.19 bits per heavy atom. The number of rotatable bonds is 1. The number of fused-ring (bicyclic) bond motifs is 1. The lowest BCUT2D eigenvalue weighted by Crippen LogP contribution is -1.93. The standard InChI is InChI=1S/C14H11NO/c1-9-13(8-15)11-6-4-3-5-7-12(11)14(9)10(2)16/h3-7H,1-2H3. The summed E-state index contributed by atoms with van der Waals surface area (Å²) in [5, 5.41) is 9.13. The molecule has 0 fully saturated rings. The molecule has 0 amide bonds. The molecule has 0 aromatic carbocycles. The van der Waals surface area contributed by atoms with Crippen molar-refractivity contribution in [3.8, 4) is 17.2 Å². The summed E-state index contributed by atoms with van der Waals surface area (Å²) in [6, 6.07) is 11.6. The van der Waals surface area contributed by atoms with E-state index < -0.39 is 0 Å². The molecule has 0 spiro atoms. The monoisotopic (exact) mass is 209 g/mol. The maximum Gasteiger partial charge on any atom is 0.160 e. The fourth-order valence-corrected chi connectivity index (χ4v) is 2.11. The van der Waals surface area contributed by atoms with Crippen LogP contribution in [0.15, 0.2) is 30.3 Å². The molecule has 0 N–H and O–H groups in total. The molecule has 2 aliphatic carbocycles. The lowest BCUT2D eigenvalue weighted by Gasteiger charge is -1.96. The van der Waals surface area contributed by atoms with Crippen LogP contribution >= 0.6 is 0 Å². The van der Waals surface area contributed by atoms with Crippen molar-refractivity contribution in [2.24, 2.45) is 0 Å². The van der Waals surface area contributed by atoms with Gasteiger partial charge in [-0.3, -0.25) is 4.79 Å². The Labute approximate surface area is 94.5 Å². The fourth-order valence-electron chi connectivity index (χ4n) is 2.11. The van der Waals surface area contributed by atoms with E-state index in [0.717, 1.165) is 16.7 Å². The van der Waals surface area contributed by atoms with Crippen molar-refractivity contribution in [2.75, 3.05) is 0 Å². The second-order valence-corrected chi connectivity index (χ2v) is 3.78. The Morgan fingerprint density at radius 2 is 1.81 bits per heavy atom. The molecule has 2 nitrogen and oxygen atoms in total. The summed E-state index contributed by atoms with van der Waals surface area (Å²) in [6.07, 6.45) is 0. The van der Waals surface area contributed by atoms with Crippen molar-refractivity contribution in [3.05, 3.63) is 47.0 Å². The van der Waals surface area contributed by atoms with Crippen LogP contribution in [0.25, 0.3) is 11.1 Å². The minimum absolute atomic E-state index is 0.00944. The van der Waals surface area contributed by atoms with Gasteiger partial charge in [0.05, 0.1) is 5.56 Å². The predicted molar refractivity (Wildman–Crippen MR) is 62.5 cm³/mol. The van der Waals surface area contributed by atoms with E-state index >= 15 is 0 Å². The van der Waals surface area contributed by atoms with Crippen LogP contribution < -0.4 is 0 Å². The highest BCUT2D eigenvalue weighted by atomic mass is 16.1. The third-order valence-electron chi connectivity index (χ3n) is 2.79. The van der Waals surface area contributed by atoms with Gasteiger partial charge in [-0.25, -0.2) is 0 Å². The lowest BCUT2D eigenvalue weighted by molar-refractivity contribution is 0.101. The first-order chi connectivity index (χ1) is 7.66. The van der Waals surface area contributed by atoms with Crippen LogP contribution in [0.1, 0.15) is 28.4 Å². The number of nitrogens with zero attached hydrogens (tertiary/aromatic N) is 1. The summed E-state index contributed by atoms with van der Waals surface area (Å²) in [7, 11) is 0. The van der Waals surface area contributed by atoms with Crippen LogP contribution in [-0.4, -0.2) is 5.78 Å². The van der Waals surface area contributed by atoms with Crippen LogP contribution in [0.4, 0.5) is 0 Å². The highest BCUT2D eigenvalue weighted by Crippen LogP contribution is 2.35. The molecule has 0 aromatic rings. The fraction of sp³-hybridized carbons (Fsp3) is 0.143. The second-order valence-electron chi connectivity index (χ2n) is 3.78. The van der Waals surface area contributed by atoms with E-state index in [4.69, 9.17) is 5.26 Å². The first-order valence-corrected chi connectivity index (χ1v) is 5.09. The molecule has 0 saturated heterocycles. The van der Waals surface area contributed by atoms with Crippen LogP contribution in [-0.2, 0) is 0 Å². The molecule has 78 valence electrons. The number of carbonyl (C=O) groups is 1. The minimum Gasteiger partial charge on any atom is -0.294 e. The molecule has 2 heteroatoms. The zero-order valence-electron chi connectivity index (χ0n) is 9.24. The Hall–Kier alpha value is -2.14. The van der Waals surface area contributed by atoms with Crippen LogP contribution in [0, 0.1) is 18.3 Å². The van der Waals surface area contributed by atoms with E-state index in [1.807, 2.05) is 37.3 Å². The second kappa shape index (κ2) is 3.79. The van der Waals surface area contributed by atoms with Gasteiger partial charge in [0.15, 0.2) is 5.78 Å². The van der Waals surface area contributed by atoms with Crippen LogP contribution in [0.3, 0.4) is 0 Å². The van der Waals surface area contributed by atoms with E-state index in [1.165, 1.54) is 6.92 Å². The summed E-state index contributed by atoms with van der Waals surface area (Å²) in [6.45, 7) is 3.37. The van der Waals surface area contributed by atoms with Gasteiger partial charge < -0.3 is 0 Å². The first-order valence-electron chi connectivity index (χ1n) is 5.09. The molecule has 0 radical (unpaired) electrons. The van der Waals surface area contributed by atoms with Gasteiger partial charge in [0.2, 0.25) is 0 Å². The van der Waals surface area contributed by atoms with Gasteiger partial charge in [0.1, 0.15) is 6.07 Å². The number of hydrogen-bond acceptors (Lipinski definition) is 2. The van der Waals surface area contributed by atoms with Crippen molar-refractivity contribution in [3.63, 3.8) is 0 Å². The minimum atomic E-state index is 0.00944.